The fourth-order valence-corrected chi connectivity index (χ4v) is 2.93. The third-order valence-corrected chi connectivity index (χ3v) is 4.05. The summed E-state index contributed by atoms with van der Waals surface area (Å²) in [5.74, 6) is 0.974. The standard InChI is InChI=1S/C18H26N4O2/c1-18(2,3)24-17(23)22-10-6-9-21(11-12-22)13-16-19-14-7-4-5-8-15(14)20-16/h4-5,7-8H,6,9-13H2,1-3H3,(H,19,20). The predicted molar refractivity (Wildman–Crippen MR) is 93.8 cm³/mol. The van der Waals surface area contributed by atoms with Crippen LogP contribution < -0.4 is 0 Å². The van der Waals surface area contributed by atoms with Crippen LogP contribution in [0.15, 0.2) is 24.3 Å². The summed E-state index contributed by atoms with van der Waals surface area (Å²) >= 11 is 0. The van der Waals surface area contributed by atoms with Crippen LogP contribution >= 0.6 is 0 Å². The van der Waals surface area contributed by atoms with Crippen LogP contribution in [0, 0.1) is 0 Å². The average molecular weight is 330 g/mol. The molecule has 0 atom stereocenters. The SMILES string of the molecule is CC(C)(C)OC(=O)N1CCCN(Cc2nc3ccccc3[nH]2)CC1. The Morgan fingerprint density at radius 3 is 2.75 bits per heavy atom. The second kappa shape index (κ2) is 6.81. The second-order valence-electron chi connectivity index (χ2n) is 7.30. The monoisotopic (exact) mass is 330 g/mol. The second-order valence-corrected chi connectivity index (χ2v) is 7.30. The van der Waals surface area contributed by atoms with Crippen molar-refractivity contribution in [1.29, 1.82) is 0 Å². The van der Waals surface area contributed by atoms with Crippen molar-refractivity contribution in [1.82, 2.24) is 19.8 Å². The number of hydrogen-bond acceptors (Lipinski definition) is 4. The molecule has 130 valence electrons. The van der Waals surface area contributed by atoms with Crippen LogP contribution in [0.2, 0.25) is 0 Å². The molecule has 0 aliphatic carbocycles. The van der Waals surface area contributed by atoms with Crippen LogP contribution in [0.4, 0.5) is 4.79 Å². The first-order chi connectivity index (χ1) is 11.4. The number of para-hydroxylation sites is 2. The number of aromatic nitrogens is 2. The van der Waals surface area contributed by atoms with E-state index in [9.17, 15) is 4.79 Å². The highest BCUT2D eigenvalue weighted by Gasteiger charge is 2.24. The molecule has 0 radical (unpaired) electrons. The molecule has 6 nitrogen and oxygen atoms in total. The summed E-state index contributed by atoms with van der Waals surface area (Å²) in [5, 5.41) is 0. The zero-order valence-corrected chi connectivity index (χ0v) is 14.7. The van der Waals surface area contributed by atoms with Crippen LogP contribution in [-0.2, 0) is 11.3 Å². The number of nitrogens with one attached hydrogen (secondary N) is 1. The van der Waals surface area contributed by atoms with Gasteiger partial charge in [0.25, 0.3) is 0 Å². The number of imidazole rings is 1. The van der Waals surface area contributed by atoms with Crippen molar-refractivity contribution in [2.75, 3.05) is 26.2 Å². The van der Waals surface area contributed by atoms with E-state index in [-0.39, 0.29) is 6.09 Å². The molecule has 0 spiro atoms. The Kier molecular flexibility index (Phi) is 4.76. The number of rotatable bonds is 2. The first-order valence-corrected chi connectivity index (χ1v) is 8.55. The van der Waals surface area contributed by atoms with Gasteiger partial charge in [-0.1, -0.05) is 12.1 Å². The van der Waals surface area contributed by atoms with E-state index in [0.717, 1.165) is 49.5 Å². The van der Waals surface area contributed by atoms with Crippen molar-refractivity contribution in [3.05, 3.63) is 30.1 Å². The summed E-state index contributed by atoms with van der Waals surface area (Å²) in [7, 11) is 0. The van der Waals surface area contributed by atoms with Gasteiger partial charge in [0, 0.05) is 26.2 Å². The van der Waals surface area contributed by atoms with Crippen molar-refractivity contribution in [2.24, 2.45) is 0 Å². The van der Waals surface area contributed by atoms with E-state index in [1.807, 2.05) is 49.9 Å². The molecule has 0 unspecified atom stereocenters. The zero-order valence-electron chi connectivity index (χ0n) is 14.7. The summed E-state index contributed by atoms with van der Waals surface area (Å²) in [6.45, 7) is 9.69. The maximum atomic E-state index is 12.2. The van der Waals surface area contributed by atoms with Gasteiger partial charge in [-0.25, -0.2) is 9.78 Å². The number of hydrogen-bond donors (Lipinski definition) is 1. The van der Waals surface area contributed by atoms with Crippen molar-refractivity contribution in [3.8, 4) is 0 Å². The van der Waals surface area contributed by atoms with Gasteiger partial charge in [-0.2, -0.15) is 0 Å². The van der Waals surface area contributed by atoms with Crippen molar-refractivity contribution in [2.45, 2.75) is 39.3 Å². The summed E-state index contributed by atoms with van der Waals surface area (Å²) in [6, 6.07) is 8.06. The quantitative estimate of drug-likeness (QED) is 0.919. The van der Waals surface area contributed by atoms with Gasteiger partial charge in [-0.15, -0.1) is 0 Å². The number of benzene rings is 1. The van der Waals surface area contributed by atoms with Crippen molar-refractivity contribution < 1.29 is 9.53 Å². The van der Waals surface area contributed by atoms with Gasteiger partial charge in [0.1, 0.15) is 11.4 Å². The fourth-order valence-electron chi connectivity index (χ4n) is 2.93. The summed E-state index contributed by atoms with van der Waals surface area (Å²) < 4.78 is 5.48. The van der Waals surface area contributed by atoms with E-state index in [1.54, 1.807) is 0 Å². The Hall–Kier alpha value is -2.08. The van der Waals surface area contributed by atoms with Crippen molar-refractivity contribution >= 4 is 17.1 Å². The van der Waals surface area contributed by atoms with Crippen LogP contribution in [0.25, 0.3) is 11.0 Å². The molecule has 1 aromatic heterocycles. The lowest BCUT2D eigenvalue weighted by atomic mass is 10.2. The van der Waals surface area contributed by atoms with E-state index in [1.165, 1.54) is 0 Å². The Balaban J connectivity index is 1.58. The van der Waals surface area contributed by atoms with Gasteiger partial charge in [-0.3, -0.25) is 4.90 Å². The maximum absolute atomic E-state index is 12.2. The minimum atomic E-state index is -0.447. The number of nitrogens with zero attached hydrogens (tertiary/aromatic N) is 3. The number of fused-ring (bicyclic) bond motifs is 1. The molecule has 24 heavy (non-hydrogen) atoms. The van der Waals surface area contributed by atoms with Gasteiger partial charge >= 0.3 is 6.09 Å². The molecule has 1 amide bonds. The molecule has 2 heterocycles. The number of H-pyrrole nitrogens is 1. The molecule has 0 saturated carbocycles. The minimum absolute atomic E-state index is 0.215. The highest BCUT2D eigenvalue weighted by molar-refractivity contribution is 5.74. The Bertz CT molecular complexity index is 671. The lowest BCUT2D eigenvalue weighted by Gasteiger charge is -2.26. The number of amides is 1. The normalized spacial score (nSPS) is 17.0. The Labute approximate surface area is 142 Å². The number of carbonyl (C=O) groups is 1. The first-order valence-electron chi connectivity index (χ1n) is 8.55. The topological polar surface area (TPSA) is 61.5 Å². The van der Waals surface area contributed by atoms with E-state index < -0.39 is 5.60 Å². The Morgan fingerprint density at radius 2 is 2.00 bits per heavy atom. The average Bonchev–Trinajstić information content (AvgIpc) is 2.75. The minimum Gasteiger partial charge on any atom is -0.444 e. The van der Waals surface area contributed by atoms with Crippen LogP contribution in [0.1, 0.15) is 33.0 Å². The molecule has 0 bridgehead atoms. The highest BCUT2D eigenvalue weighted by Crippen LogP contribution is 2.15. The van der Waals surface area contributed by atoms with E-state index in [2.05, 4.69) is 14.9 Å². The molecule has 1 fully saturated rings. The van der Waals surface area contributed by atoms with Gasteiger partial charge in [-0.05, 0) is 39.3 Å². The fraction of sp³-hybridized carbons (Fsp3) is 0.556. The number of carbonyl (C=O) groups excluding carboxylic acids is 1. The predicted octanol–water partition coefficient (Wildman–Crippen LogP) is 3.01. The molecule has 3 rings (SSSR count). The molecule has 1 aliphatic heterocycles. The molecule has 2 aromatic rings. The van der Waals surface area contributed by atoms with E-state index >= 15 is 0 Å². The van der Waals surface area contributed by atoms with E-state index in [4.69, 9.17) is 4.74 Å². The zero-order chi connectivity index (χ0) is 17.2. The third-order valence-electron chi connectivity index (χ3n) is 4.05. The Morgan fingerprint density at radius 1 is 1.21 bits per heavy atom. The van der Waals surface area contributed by atoms with Gasteiger partial charge in [0.15, 0.2) is 0 Å². The highest BCUT2D eigenvalue weighted by atomic mass is 16.6. The molecule has 6 heteroatoms. The smallest absolute Gasteiger partial charge is 0.410 e. The van der Waals surface area contributed by atoms with Crippen molar-refractivity contribution in [3.63, 3.8) is 0 Å². The molecule has 1 aliphatic rings. The molecular formula is C18H26N4O2. The third kappa shape index (κ3) is 4.26. The van der Waals surface area contributed by atoms with Gasteiger partial charge in [0.05, 0.1) is 17.6 Å². The molecule has 1 aromatic carbocycles. The van der Waals surface area contributed by atoms with E-state index in [0.29, 0.717) is 6.54 Å². The maximum Gasteiger partial charge on any atom is 0.410 e. The first kappa shape index (κ1) is 16.8. The number of aromatic amines is 1. The van der Waals surface area contributed by atoms with Crippen LogP contribution in [0.3, 0.4) is 0 Å². The lowest BCUT2D eigenvalue weighted by molar-refractivity contribution is 0.0257. The summed E-state index contributed by atoms with van der Waals surface area (Å²) in [4.78, 5) is 24.4. The van der Waals surface area contributed by atoms with Crippen LogP contribution in [0.5, 0.6) is 0 Å². The van der Waals surface area contributed by atoms with Gasteiger partial charge < -0.3 is 14.6 Å². The molecular weight excluding hydrogens is 304 g/mol. The summed E-state index contributed by atoms with van der Waals surface area (Å²) in [6.07, 6.45) is 0.729. The molecule has 1 saturated heterocycles. The molecule has 1 N–H and O–H groups in total. The van der Waals surface area contributed by atoms with Gasteiger partial charge in [0.2, 0.25) is 0 Å². The van der Waals surface area contributed by atoms with Crippen LogP contribution in [-0.4, -0.2) is 57.6 Å². The largest absolute Gasteiger partial charge is 0.444 e. The summed E-state index contributed by atoms with van der Waals surface area (Å²) in [5.41, 5.74) is 1.62. The lowest BCUT2D eigenvalue weighted by Crippen LogP contribution is -2.39. The number of ether oxygens (including phenoxy) is 1.